The zero-order valence-corrected chi connectivity index (χ0v) is 15.5. The molecule has 1 aromatic carbocycles. The predicted molar refractivity (Wildman–Crippen MR) is 98.1 cm³/mol. The van der Waals surface area contributed by atoms with Crippen LogP contribution >= 0.6 is 23.1 Å². The topological polar surface area (TPSA) is 87.6 Å². The fourth-order valence-electron chi connectivity index (χ4n) is 2.54. The lowest BCUT2D eigenvalue weighted by Crippen LogP contribution is -2.34. The van der Waals surface area contributed by atoms with E-state index in [1.807, 2.05) is 30.0 Å². The van der Waals surface area contributed by atoms with Crippen molar-refractivity contribution in [2.45, 2.75) is 24.4 Å². The summed E-state index contributed by atoms with van der Waals surface area (Å²) in [6.07, 6.45) is 0. The van der Waals surface area contributed by atoms with Gasteiger partial charge in [-0.2, -0.15) is 0 Å². The number of nitrogens with zero attached hydrogens (tertiary/aromatic N) is 3. The molecule has 0 aliphatic carbocycles. The molecule has 0 spiro atoms. The number of hydrogen-bond acceptors (Lipinski definition) is 8. The van der Waals surface area contributed by atoms with Crippen LogP contribution in [0.5, 0.6) is 5.75 Å². The van der Waals surface area contributed by atoms with E-state index < -0.39 is 0 Å². The Kier molecular flexibility index (Phi) is 6.24. The second-order valence-electron chi connectivity index (χ2n) is 5.51. The first-order valence-corrected chi connectivity index (χ1v) is 9.82. The fourth-order valence-corrected chi connectivity index (χ4v) is 4.20. The van der Waals surface area contributed by atoms with Crippen LogP contribution in [-0.2, 0) is 17.9 Å². The second kappa shape index (κ2) is 8.61. The molecule has 0 saturated heterocycles. The quantitative estimate of drug-likeness (QED) is 0.585. The van der Waals surface area contributed by atoms with Gasteiger partial charge in [-0.3, -0.25) is 15.0 Å². The number of carbonyl (C=O) groups is 1. The highest BCUT2D eigenvalue weighted by molar-refractivity contribution is 8.01. The van der Waals surface area contributed by atoms with Crippen molar-refractivity contribution in [3.63, 3.8) is 0 Å². The second-order valence-corrected chi connectivity index (χ2v) is 8.00. The summed E-state index contributed by atoms with van der Waals surface area (Å²) >= 11 is 2.99. The van der Waals surface area contributed by atoms with Crippen molar-refractivity contribution in [1.29, 1.82) is 0 Å². The number of aliphatic hydroxyl groups excluding tert-OH is 1. The van der Waals surface area contributed by atoms with Crippen LogP contribution in [0.3, 0.4) is 0 Å². The number of nitrogens with one attached hydrogen (secondary N) is 1. The van der Waals surface area contributed by atoms with Crippen molar-refractivity contribution in [2.75, 3.05) is 30.8 Å². The highest BCUT2D eigenvalue weighted by atomic mass is 32.2. The molecule has 25 heavy (non-hydrogen) atoms. The number of amides is 1. The lowest BCUT2D eigenvalue weighted by Gasteiger charge is -2.18. The Hall–Kier alpha value is -1.68. The first-order chi connectivity index (χ1) is 12.2. The minimum Gasteiger partial charge on any atom is -0.492 e. The van der Waals surface area contributed by atoms with Crippen molar-refractivity contribution in [3.05, 3.63) is 29.3 Å². The monoisotopic (exact) mass is 380 g/mol. The maximum Gasteiger partial charge on any atom is 0.240 e. The van der Waals surface area contributed by atoms with Crippen LogP contribution in [0, 0.1) is 0 Å². The first kappa shape index (κ1) is 18.1. The lowest BCUT2D eigenvalue weighted by atomic mass is 10.1. The van der Waals surface area contributed by atoms with Gasteiger partial charge in [0.25, 0.3) is 0 Å². The molecule has 0 unspecified atom stereocenters. The molecule has 2 heterocycles. The summed E-state index contributed by atoms with van der Waals surface area (Å²) in [5, 5.41) is 20.6. The average Bonchev–Trinajstić information content (AvgIpc) is 2.92. The van der Waals surface area contributed by atoms with E-state index in [1.54, 1.807) is 11.8 Å². The minimum atomic E-state index is -0.119. The molecule has 1 aliphatic heterocycles. The number of anilines is 1. The summed E-state index contributed by atoms with van der Waals surface area (Å²) < 4.78 is 6.58. The highest BCUT2D eigenvalue weighted by Crippen LogP contribution is 2.26. The molecular weight excluding hydrogens is 360 g/mol. The molecule has 1 aliphatic rings. The van der Waals surface area contributed by atoms with Crippen molar-refractivity contribution in [1.82, 2.24) is 15.1 Å². The molecule has 7 nitrogen and oxygen atoms in total. The molecule has 0 fully saturated rings. The summed E-state index contributed by atoms with van der Waals surface area (Å²) in [7, 11) is 0. The first-order valence-electron chi connectivity index (χ1n) is 8.02. The van der Waals surface area contributed by atoms with Gasteiger partial charge >= 0.3 is 0 Å². The van der Waals surface area contributed by atoms with Crippen LogP contribution in [0.2, 0.25) is 0 Å². The van der Waals surface area contributed by atoms with Crippen molar-refractivity contribution in [2.24, 2.45) is 0 Å². The van der Waals surface area contributed by atoms with Crippen molar-refractivity contribution in [3.8, 4) is 5.75 Å². The number of aliphatic hydroxyl groups is 1. The van der Waals surface area contributed by atoms with Crippen molar-refractivity contribution < 1.29 is 14.6 Å². The number of hydrogen-bond donors (Lipinski definition) is 2. The molecule has 0 atom stereocenters. The van der Waals surface area contributed by atoms with E-state index in [0.29, 0.717) is 24.8 Å². The Balaban J connectivity index is 1.60. The Morgan fingerprint density at radius 1 is 1.48 bits per heavy atom. The number of rotatable bonds is 6. The summed E-state index contributed by atoms with van der Waals surface area (Å²) in [5.41, 5.74) is 1.82. The van der Waals surface area contributed by atoms with Gasteiger partial charge in [-0.05, 0) is 23.4 Å². The van der Waals surface area contributed by atoms with Gasteiger partial charge in [-0.15, -0.1) is 10.2 Å². The molecule has 134 valence electrons. The maximum atomic E-state index is 12.3. The Morgan fingerprint density at radius 3 is 3.16 bits per heavy atom. The van der Waals surface area contributed by atoms with Gasteiger partial charge in [0.15, 0.2) is 4.34 Å². The highest BCUT2D eigenvalue weighted by Gasteiger charge is 2.19. The fraction of sp³-hybridized carbons (Fsp3) is 0.438. The van der Waals surface area contributed by atoms with E-state index in [1.165, 1.54) is 11.3 Å². The molecule has 3 rings (SSSR count). The molecule has 0 radical (unpaired) electrons. The molecular formula is C16H20N4O3S2. The number of aromatic nitrogens is 2. The van der Waals surface area contributed by atoms with E-state index in [-0.39, 0.29) is 19.1 Å². The van der Waals surface area contributed by atoms with E-state index in [0.717, 1.165) is 27.0 Å². The molecule has 0 saturated carbocycles. The number of carbonyl (C=O) groups excluding carboxylic acids is 1. The zero-order chi connectivity index (χ0) is 17.6. The van der Waals surface area contributed by atoms with Gasteiger partial charge in [0, 0.05) is 18.7 Å². The van der Waals surface area contributed by atoms with Crippen LogP contribution < -0.4 is 10.1 Å². The number of thioether (sulfide) groups is 1. The van der Waals surface area contributed by atoms with Gasteiger partial charge in [0.05, 0.1) is 13.2 Å². The number of benzene rings is 1. The van der Waals surface area contributed by atoms with Gasteiger partial charge in [0.2, 0.25) is 11.0 Å². The van der Waals surface area contributed by atoms with Crippen LogP contribution in [0.25, 0.3) is 0 Å². The van der Waals surface area contributed by atoms with Gasteiger partial charge < -0.3 is 9.84 Å². The molecule has 2 N–H and O–H groups in total. The van der Waals surface area contributed by atoms with E-state index in [4.69, 9.17) is 4.74 Å². The summed E-state index contributed by atoms with van der Waals surface area (Å²) in [5.74, 6) is 1.61. The average molecular weight is 380 g/mol. The van der Waals surface area contributed by atoms with Gasteiger partial charge in [-0.1, -0.05) is 36.1 Å². The molecule has 2 aromatic rings. The lowest BCUT2D eigenvalue weighted by molar-refractivity contribution is -0.117. The standard InChI is InChI=1S/C16H20N4O3S2/c1-2-24-16-19-18-15(25-16)17-14(22)9-20-5-6-23-13-4-3-11(10-21)7-12(13)8-20/h3-4,7,21H,2,5-6,8-10H2,1H3,(H,17,18,22). The summed E-state index contributed by atoms with van der Waals surface area (Å²) in [6.45, 7) is 4.07. The number of ether oxygens (including phenoxy) is 1. The normalized spacial score (nSPS) is 14.5. The molecule has 1 amide bonds. The molecule has 1 aromatic heterocycles. The van der Waals surface area contributed by atoms with E-state index in [9.17, 15) is 9.90 Å². The smallest absolute Gasteiger partial charge is 0.240 e. The Morgan fingerprint density at radius 2 is 2.36 bits per heavy atom. The van der Waals surface area contributed by atoms with Crippen molar-refractivity contribution >= 4 is 34.1 Å². The number of fused-ring (bicyclic) bond motifs is 1. The van der Waals surface area contributed by atoms with E-state index >= 15 is 0 Å². The molecule has 0 bridgehead atoms. The third kappa shape index (κ3) is 4.91. The third-order valence-electron chi connectivity index (χ3n) is 3.65. The Labute approximate surface area is 154 Å². The van der Waals surface area contributed by atoms with Crippen LogP contribution in [-0.4, -0.2) is 51.6 Å². The largest absolute Gasteiger partial charge is 0.492 e. The summed E-state index contributed by atoms with van der Waals surface area (Å²) in [6, 6.07) is 5.64. The van der Waals surface area contributed by atoms with Gasteiger partial charge in [-0.25, -0.2) is 0 Å². The third-order valence-corrected chi connectivity index (χ3v) is 5.51. The zero-order valence-electron chi connectivity index (χ0n) is 13.9. The summed E-state index contributed by atoms with van der Waals surface area (Å²) in [4.78, 5) is 14.3. The van der Waals surface area contributed by atoms with Crippen LogP contribution in [0.4, 0.5) is 5.13 Å². The Bertz CT molecular complexity index is 738. The van der Waals surface area contributed by atoms with Gasteiger partial charge in [0.1, 0.15) is 12.4 Å². The SMILES string of the molecule is CCSc1nnc(NC(=O)CN2CCOc3ccc(CO)cc3C2)s1. The van der Waals surface area contributed by atoms with Crippen LogP contribution in [0.1, 0.15) is 18.1 Å². The maximum absolute atomic E-state index is 12.3. The van der Waals surface area contributed by atoms with E-state index in [2.05, 4.69) is 15.5 Å². The van der Waals surface area contributed by atoms with Crippen LogP contribution in [0.15, 0.2) is 22.5 Å². The minimum absolute atomic E-state index is 0.0110. The predicted octanol–water partition coefficient (Wildman–Crippen LogP) is 1.98. The molecule has 9 heteroatoms.